The molecule has 1 saturated heterocycles. The summed E-state index contributed by atoms with van der Waals surface area (Å²) in [5.74, 6) is 5.43. The molecule has 0 bridgehead atoms. The Kier molecular flexibility index (Phi) is 5.08. The molecule has 0 amide bonds. The SMILES string of the molecule is C#CC[C@]12CCC3(CC1=CC[C@@H]1[C@@H]2CC[C@]2(C)C(=C(CO)OC)CC[C@@H]12)OCCO3. The van der Waals surface area contributed by atoms with Crippen molar-refractivity contribution in [3.63, 3.8) is 0 Å². The summed E-state index contributed by atoms with van der Waals surface area (Å²) >= 11 is 0. The molecule has 1 heterocycles. The molecular formula is C26H36O4. The van der Waals surface area contributed by atoms with E-state index in [0.29, 0.717) is 31.0 Å². The molecule has 4 nitrogen and oxygen atoms in total. The molecule has 1 spiro atoms. The number of fused-ring (bicyclic) bond motifs is 5. The van der Waals surface area contributed by atoms with Crippen LogP contribution in [0.2, 0.25) is 0 Å². The van der Waals surface area contributed by atoms with Crippen molar-refractivity contribution in [2.75, 3.05) is 26.9 Å². The molecule has 0 aromatic rings. The van der Waals surface area contributed by atoms with Gasteiger partial charge in [0.1, 0.15) is 12.4 Å². The van der Waals surface area contributed by atoms with Crippen LogP contribution in [0.5, 0.6) is 0 Å². The van der Waals surface area contributed by atoms with Gasteiger partial charge in [0.15, 0.2) is 5.79 Å². The molecule has 5 atom stereocenters. The lowest BCUT2D eigenvalue weighted by atomic mass is 9.46. The van der Waals surface area contributed by atoms with Crippen LogP contribution in [0.1, 0.15) is 64.7 Å². The van der Waals surface area contributed by atoms with Crippen LogP contribution in [0.15, 0.2) is 23.0 Å². The number of aliphatic hydroxyl groups is 1. The van der Waals surface area contributed by atoms with Gasteiger partial charge in [0.2, 0.25) is 0 Å². The molecule has 1 N–H and O–H groups in total. The molecule has 30 heavy (non-hydrogen) atoms. The first-order chi connectivity index (χ1) is 14.5. The van der Waals surface area contributed by atoms with Gasteiger partial charge in [-0.05, 0) is 67.3 Å². The molecular weight excluding hydrogens is 376 g/mol. The molecule has 4 aliphatic carbocycles. The third-order valence-electron chi connectivity index (χ3n) is 9.58. The Labute approximate surface area is 181 Å². The fraction of sp³-hybridized carbons (Fsp3) is 0.769. The molecule has 4 fully saturated rings. The molecule has 1 aliphatic heterocycles. The summed E-state index contributed by atoms with van der Waals surface area (Å²) < 4.78 is 17.8. The standard InChI is InChI=1S/C26H36O4/c1-4-10-25-12-13-26(29-14-15-30-26)16-18(25)5-6-19-20-7-8-22(23(17-27)28-3)24(20,2)11-9-21(19)25/h1,5,19-21,27H,6-17H2,2-3H3/t19-,20-,21-,24-,25-/m0/s1. The Hall–Kier alpha value is -1.28. The number of ether oxygens (including phenoxy) is 3. The van der Waals surface area contributed by atoms with E-state index in [-0.39, 0.29) is 17.4 Å². The van der Waals surface area contributed by atoms with Crippen LogP contribution >= 0.6 is 0 Å². The number of allylic oxidation sites excluding steroid dienone is 2. The predicted octanol–water partition coefficient (Wildman–Crippen LogP) is 4.59. The highest BCUT2D eigenvalue weighted by atomic mass is 16.7. The van der Waals surface area contributed by atoms with Gasteiger partial charge < -0.3 is 19.3 Å². The maximum absolute atomic E-state index is 9.85. The van der Waals surface area contributed by atoms with E-state index in [9.17, 15) is 5.11 Å². The Morgan fingerprint density at radius 2 is 2.03 bits per heavy atom. The second kappa shape index (κ2) is 7.40. The summed E-state index contributed by atoms with van der Waals surface area (Å²) in [5, 5.41) is 9.85. The summed E-state index contributed by atoms with van der Waals surface area (Å²) in [5.41, 5.74) is 3.14. The first-order valence-corrected chi connectivity index (χ1v) is 11.8. The van der Waals surface area contributed by atoms with Crippen molar-refractivity contribution in [3.8, 4) is 12.3 Å². The zero-order valence-electron chi connectivity index (χ0n) is 18.5. The predicted molar refractivity (Wildman–Crippen MR) is 115 cm³/mol. The van der Waals surface area contributed by atoms with E-state index in [1.54, 1.807) is 7.11 Å². The fourth-order valence-electron chi connectivity index (χ4n) is 8.22. The summed E-state index contributed by atoms with van der Waals surface area (Å²) in [7, 11) is 1.70. The maximum Gasteiger partial charge on any atom is 0.172 e. The van der Waals surface area contributed by atoms with Crippen molar-refractivity contribution in [2.45, 2.75) is 70.5 Å². The third-order valence-corrected chi connectivity index (χ3v) is 9.58. The van der Waals surface area contributed by atoms with Crippen molar-refractivity contribution >= 4 is 0 Å². The normalized spacial score (nSPS) is 43.3. The number of hydrogen-bond acceptors (Lipinski definition) is 4. The van der Waals surface area contributed by atoms with Crippen LogP contribution in [0.4, 0.5) is 0 Å². The van der Waals surface area contributed by atoms with E-state index in [2.05, 4.69) is 18.9 Å². The number of terminal acetylenes is 1. The average Bonchev–Trinajstić information content (AvgIpc) is 3.34. The molecule has 0 aromatic heterocycles. The first-order valence-electron chi connectivity index (χ1n) is 11.8. The lowest BCUT2D eigenvalue weighted by Gasteiger charge is -2.59. The van der Waals surface area contributed by atoms with E-state index < -0.39 is 5.79 Å². The minimum absolute atomic E-state index is 0.00933. The van der Waals surface area contributed by atoms with Crippen molar-refractivity contribution in [1.29, 1.82) is 0 Å². The van der Waals surface area contributed by atoms with Gasteiger partial charge in [-0.1, -0.05) is 18.6 Å². The van der Waals surface area contributed by atoms with E-state index in [0.717, 1.165) is 44.3 Å². The van der Waals surface area contributed by atoms with Crippen LogP contribution in [-0.2, 0) is 14.2 Å². The van der Waals surface area contributed by atoms with E-state index in [1.807, 2.05) is 0 Å². The summed E-state index contributed by atoms with van der Waals surface area (Å²) in [4.78, 5) is 0. The van der Waals surface area contributed by atoms with Gasteiger partial charge in [0, 0.05) is 24.7 Å². The van der Waals surface area contributed by atoms with Gasteiger partial charge >= 0.3 is 0 Å². The lowest BCUT2D eigenvalue weighted by molar-refractivity contribution is -0.185. The Morgan fingerprint density at radius 1 is 1.23 bits per heavy atom. The van der Waals surface area contributed by atoms with Crippen LogP contribution in [0.3, 0.4) is 0 Å². The maximum atomic E-state index is 9.85. The minimum atomic E-state index is -0.391. The third kappa shape index (κ3) is 2.78. The summed E-state index contributed by atoms with van der Waals surface area (Å²) in [6.45, 7) is 3.86. The number of methoxy groups -OCH3 is 1. The monoisotopic (exact) mass is 412 g/mol. The lowest BCUT2D eigenvalue weighted by Crippen LogP contribution is -2.53. The molecule has 3 saturated carbocycles. The zero-order chi connectivity index (χ0) is 21.0. The highest BCUT2D eigenvalue weighted by Gasteiger charge is 2.60. The van der Waals surface area contributed by atoms with Gasteiger partial charge in [-0.25, -0.2) is 0 Å². The second-order valence-electron chi connectivity index (χ2n) is 10.4. The fourth-order valence-corrected chi connectivity index (χ4v) is 8.22. The molecule has 0 radical (unpaired) electrons. The highest BCUT2D eigenvalue weighted by Crippen LogP contribution is 2.68. The van der Waals surface area contributed by atoms with Crippen LogP contribution in [0, 0.1) is 40.9 Å². The highest BCUT2D eigenvalue weighted by molar-refractivity contribution is 5.33. The summed E-state index contributed by atoms with van der Waals surface area (Å²) in [6.07, 6.45) is 18.0. The number of hydrogen-bond donors (Lipinski definition) is 1. The second-order valence-corrected chi connectivity index (χ2v) is 10.4. The number of rotatable bonds is 3. The van der Waals surface area contributed by atoms with Gasteiger partial charge in [-0.15, -0.1) is 12.3 Å². The number of aliphatic hydroxyl groups excluding tert-OH is 1. The average molecular weight is 413 g/mol. The van der Waals surface area contributed by atoms with Crippen LogP contribution in [0.25, 0.3) is 0 Å². The molecule has 164 valence electrons. The van der Waals surface area contributed by atoms with E-state index >= 15 is 0 Å². The topological polar surface area (TPSA) is 47.9 Å². The zero-order valence-corrected chi connectivity index (χ0v) is 18.5. The van der Waals surface area contributed by atoms with Gasteiger partial charge in [0.25, 0.3) is 0 Å². The quantitative estimate of drug-likeness (QED) is 0.418. The molecule has 5 rings (SSSR count). The van der Waals surface area contributed by atoms with Crippen molar-refractivity contribution in [3.05, 3.63) is 23.0 Å². The Bertz CT molecular complexity index is 792. The van der Waals surface area contributed by atoms with E-state index in [1.165, 1.54) is 30.4 Å². The minimum Gasteiger partial charge on any atom is -0.499 e. The van der Waals surface area contributed by atoms with Gasteiger partial charge in [-0.2, -0.15) is 0 Å². The smallest absolute Gasteiger partial charge is 0.172 e. The first kappa shape index (κ1) is 20.6. The van der Waals surface area contributed by atoms with Crippen LogP contribution in [-0.4, -0.2) is 37.8 Å². The van der Waals surface area contributed by atoms with Crippen molar-refractivity contribution in [2.24, 2.45) is 28.6 Å². The van der Waals surface area contributed by atoms with Gasteiger partial charge in [-0.3, -0.25) is 0 Å². The molecule has 4 heteroatoms. The van der Waals surface area contributed by atoms with Gasteiger partial charge in [0.05, 0.1) is 20.3 Å². The van der Waals surface area contributed by atoms with Crippen molar-refractivity contribution in [1.82, 2.24) is 0 Å². The Morgan fingerprint density at radius 3 is 2.73 bits per heavy atom. The van der Waals surface area contributed by atoms with Crippen LogP contribution < -0.4 is 0 Å². The Balaban J connectivity index is 1.50. The summed E-state index contributed by atoms with van der Waals surface area (Å²) in [6, 6.07) is 0. The molecule has 0 aromatic carbocycles. The largest absolute Gasteiger partial charge is 0.499 e. The molecule has 0 unspecified atom stereocenters. The van der Waals surface area contributed by atoms with Crippen molar-refractivity contribution < 1.29 is 19.3 Å². The van der Waals surface area contributed by atoms with E-state index in [4.69, 9.17) is 20.6 Å². The molecule has 5 aliphatic rings.